The number of benzene rings is 1. The van der Waals surface area contributed by atoms with Gasteiger partial charge < -0.3 is 5.32 Å². The Labute approximate surface area is 187 Å². The lowest BCUT2D eigenvalue weighted by molar-refractivity contribution is 0.413. The molecule has 156 valence electrons. The zero-order valence-corrected chi connectivity index (χ0v) is 18.9. The third-order valence-corrected chi connectivity index (χ3v) is 5.49. The molecule has 0 spiro atoms. The lowest BCUT2D eigenvalue weighted by Gasteiger charge is -2.40. The summed E-state index contributed by atoms with van der Waals surface area (Å²) >= 11 is 0. The summed E-state index contributed by atoms with van der Waals surface area (Å²) in [6, 6.07) is 11.9. The van der Waals surface area contributed by atoms with Crippen molar-refractivity contribution in [1.82, 2.24) is 10.3 Å². The van der Waals surface area contributed by atoms with Crippen molar-refractivity contribution in [1.29, 1.82) is 0 Å². The Morgan fingerprint density at radius 2 is 1.94 bits per heavy atom. The highest BCUT2D eigenvalue weighted by atomic mass is 15.0. The standard InChI is InChI=1S/C29H30N2/c1-9-23-14-13-15-25(19-23)24(10-2)18-22(7)29(8,31-21(5)6)28(12-4)26-16-17-27(11-3)30-20-26/h1,3,10,12-20,28,31H,4-5H2,2,6-8H3/b22-18+,24-10+/t28-,29?/m1/s1. The first kappa shape index (κ1) is 23.5. The first-order chi connectivity index (χ1) is 14.8. The van der Waals surface area contributed by atoms with Crippen LogP contribution in [0.15, 0.2) is 85.3 Å². The van der Waals surface area contributed by atoms with Crippen molar-refractivity contribution >= 4 is 5.57 Å². The molecule has 0 saturated carbocycles. The molecule has 0 aliphatic heterocycles. The van der Waals surface area contributed by atoms with Crippen molar-refractivity contribution in [3.05, 3.63) is 108 Å². The molecular formula is C29H30N2. The molecule has 2 nitrogen and oxygen atoms in total. The minimum Gasteiger partial charge on any atom is -0.379 e. The maximum atomic E-state index is 5.59. The molecule has 0 saturated heterocycles. The van der Waals surface area contributed by atoms with Crippen LogP contribution in [0.2, 0.25) is 0 Å². The highest BCUT2D eigenvalue weighted by molar-refractivity contribution is 5.75. The second-order valence-corrected chi connectivity index (χ2v) is 7.74. The van der Waals surface area contributed by atoms with Crippen LogP contribution >= 0.6 is 0 Å². The van der Waals surface area contributed by atoms with Gasteiger partial charge in [0.1, 0.15) is 5.69 Å². The molecule has 0 radical (unpaired) electrons. The molecule has 1 N–H and O–H groups in total. The molecule has 1 heterocycles. The minimum atomic E-state index is -0.481. The zero-order valence-electron chi connectivity index (χ0n) is 18.9. The lowest BCUT2D eigenvalue weighted by Crippen LogP contribution is -2.47. The summed E-state index contributed by atoms with van der Waals surface area (Å²) in [5.74, 6) is 5.21. The summed E-state index contributed by atoms with van der Waals surface area (Å²) in [6.45, 7) is 16.5. The van der Waals surface area contributed by atoms with E-state index in [1.807, 2.05) is 56.5 Å². The van der Waals surface area contributed by atoms with Gasteiger partial charge >= 0.3 is 0 Å². The Kier molecular flexibility index (Phi) is 7.84. The van der Waals surface area contributed by atoms with E-state index in [2.05, 4.69) is 67.4 Å². The summed E-state index contributed by atoms with van der Waals surface area (Å²) in [5, 5.41) is 3.58. The molecular weight excluding hydrogens is 376 g/mol. The van der Waals surface area contributed by atoms with Crippen LogP contribution in [-0.4, -0.2) is 10.5 Å². The third-order valence-electron chi connectivity index (χ3n) is 5.49. The Balaban J connectivity index is 2.57. The fourth-order valence-electron chi connectivity index (χ4n) is 3.75. The average Bonchev–Trinajstić information content (AvgIpc) is 2.77. The molecule has 2 heteroatoms. The highest BCUT2D eigenvalue weighted by Crippen LogP contribution is 2.37. The molecule has 0 aliphatic carbocycles. The number of nitrogens with zero attached hydrogens (tertiary/aromatic N) is 1. The van der Waals surface area contributed by atoms with Gasteiger partial charge in [-0.3, -0.25) is 0 Å². The number of terminal acetylenes is 2. The van der Waals surface area contributed by atoms with Crippen LogP contribution in [0.4, 0.5) is 0 Å². The number of rotatable bonds is 8. The Hall–Kier alpha value is -3.75. The molecule has 0 aliphatic rings. The second-order valence-electron chi connectivity index (χ2n) is 7.74. The number of hydrogen-bond donors (Lipinski definition) is 1. The number of pyridine rings is 1. The van der Waals surface area contributed by atoms with Gasteiger partial charge in [0, 0.05) is 23.4 Å². The van der Waals surface area contributed by atoms with Crippen LogP contribution in [0.1, 0.15) is 56.0 Å². The van der Waals surface area contributed by atoms with E-state index in [0.29, 0.717) is 5.69 Å². The number of nitrogens with one attached hydrogen (secondary N) is 1. The smallest absolute Gasteiger partial charge is 0.112 e. The van der Waals surface area contributed by atoms with Crippen molar-refractivity contribution in [2.24, 2.45) is 0 Å². The van der Waals surface area contributed by atoms with Crippen molar-refractivity contribution in [2.75, 3.05) is 0 Å². The maximum Gasteiger partial charge on any atom is 0.112 e. The zero-order chi connectivity index (χ0) is 23.0. The van der Waals surface area contributed by atoms with Gasteiger partial charge in [-0.1, -0.05) is 54.8 Å². The first-order valence-corrected chi connectivity index (χ1v) is 10.2. The summed E-state index contributed by atoms with van der Waals surface area (Å²) in [7, 11) is 0. The van der Waals surface area contributed by atoms with Gasteiger partial charge in [0.05, 0.1) is 5.54 Å². The second kappa shape index (κ2) is 10.3. The molecule has 1 aromatic carbocycles. The minimum absolute atomic E-state index is 0.0603. The molecule has 2 atom stereocenters. The van der Waals surface area contributed by atoms with E-state index in [0.717, 1.165) is 33.5 Å². The van der Waals surface area contributed by atoms with E-state index >= 15 is 0 Å². The number of allylic oxidation sites excluding steroid dienone is 4. The Morgan fingerprint density at radius 1 is 1.19 bits per heavy atom. The molecule has 2 aromatic rings. The Bertz CT molecular complexity index is 1100. The van der Waals surface area contributed by atoms with Crippen LogP contribution in [-0.2, 0) is 0 Å². The molecule has 1 aromatic heterocycles. The van der Waals surface area contributed by atoms with E-state index in [1.165, 1.54) is 0 Å². The van der Waals surface area contributed by atoms with Gasteiger partial charge in [0.25, 0.3) is 0 Å². The predicted molar refractivity (Wildman–Crippen MR) is 133 cm³/mol. The molecule has 31 heavy (non-hydrogen) atoms. The summed E-state index contributed by atoms with van der Waals surface area (Å²) < 4.78 is 0. The summed E-state index contributed by atoms with van der Waals surface area (Å²) in [5.41, 5.74) is 6.16. The highest BCUT2D eigenvalue weighted by Gasteiger charge is 2.35. The molecule has 0 bridgehead atoms. The van der Waals surface area contributed by atoms with Gasteiger partial charge in [-0.15, -0.1) is 19.4 Å². The molecule has 2 rings (SSSR count). The lowest BCUT2D eigenvalue weighted by atomic mass is 9.75. The van der Waals surface area contributed by atoms with Crippen LogP contribution in [0.3, 0.4) is 0 Å². The SMILES string of the molecule is C#Cc1cccc(C(=C/C)/C=C(\C)C(C)(NC(=C)C)[C@H](C=C)c2ccc(C#C)nc2)c1. The first-order valence-electron chi connectivity index (χ1n) is 10.2. The van der Waals surface area contributed by atoms with Crippen molar-refractivity contribution in [3.63, 3.8) is 0 Å². The quantitative estimate of drug-likeness (QED) is 0.319. The van der Waals surface area contributed by atoms with E-state index in [4.69, 9.17) is 12.8 Å². The fourth-order valence-corrected chi connectivity index (χ4v) is 3.75. The van der Waals surface area contributed by atoms with Gasteiger partial charge in [0.2, 0.25) is 0 Å². The molecule has 0 amide bonds. The van der Waals surface area contributed by atoms with Gasteiger partial charge in [-0.05, 0) is 68.2 Å². The summed E-state index contributed by atoms with van der Waals surface area (Å²) in [6.07, 6.45) is 19.1. The number of hydrogen-bond acceptors (Lipinski definition) is 2. The van der Waals surface area contributed by atoms with Crippen molar-refractivity contribution in [2.45, 2.75) is 39.2 Å². The average molecular weight is 407 g/mol. The van der Waals surface area contributed by atoms with Crippen LogP contribution < -0.4 is 5.32 Å². The topological polar surface area (TPSA) is 24.9 Å². The normalized spacial score (nSPS) is 14.5. The van der Waals surface area contributed by atoms with E-state index in [1.54, 1.807) is 0 Å². The van der Waals surface area contributed by atoms with Gasteiger partial charge in [0.15, 0.2) is 0 Å². The van der Waals surface area contributed by atoms with E-state index in [-0.39, 0.29) is 5.92 Å². The molecule has 1 unspecified atom stereocenters. The van der Waals surface area contributed by atoms with Gasteiger partial charge in [-0.2, -0.15) is 0 Å². The van der Waals surface area contributed by atoms with Crippen molar-refractivity contribution in [3.8, 4) is 24.7 Å². The largest absolute Gasteiger partial charge is 0.379 e. The van der Waals surface area contributed by atoms with E-state index < -0.39 is 5.54 Å². The fraction of sp³-hybridized carbons (Fsp3) is 0.207. The van der Waals surface area contributed by atoms with Crippen LogP contribution in [0.5, 0.6) is 0 Å². The van der Waals surface area contributed by atoms with Crippen LogP contribution in [0, 0.1) is 24.7 Å². The van der Waals surface area contributed by atoms with E-state index in [9.17, 15) is 0 Å². The summed E-state index contributed by atoms with van der Waals surface area (Å²) in [4.78, 5) is 4.38. The monoisotopic (exact) mass is 406 g/mol. The predicted octanol–water partition coefficient (Wildman–Crippen LogP) is 6.25. The Morgan fingerprint density at radius 3 is 2.45 bits per heavy atom. The maximum absolute atomic E-state index is 5.59. The third kappa shape index (κ3) is 5.44. The van der Waals surface area contributed by atoms with Crippen molar-refractivity contribution < 1.29 is 0 Å². The van der Waals surface area contributed by atoms with Crippen LogP contribution in [0.25, 0.3) is 5.57 Å². The molecule has 0 fully saturated rings. The number of aromatic nitrogens is 1. The van der Waals surface area contributed by atoms with Gasteiger partial charge in [-0.25, -0.2) is 4.98 Å².